The second kappa shape index (κ2) is 6.89. The van der Waals surface area contributed by atoms with Crippen molar-refractivity contribution in [3.63, 3.8) is 0 Å². The minimum atomic E-state index is -0.965. The van der Waals surface area contributed by atoms with E-state index in [1.54, 1.807) is 24.3 Å². The number of aliphatic carboxylic acids is 1. The van der Waals surface area contributed by atoms with Gasteiger partial charge in [0.2, 0.25) is 5.91 Å². The molecular formula is C14H20N2O3. The molecule has 5 nitrogen and oxygen atoms in total. The molecule has 0 aliphatic rings. The molecule has 0 saturated heterocycles. The standard InChI is InChI=1S/C14H20N2O3/c1-9(2)13(15)14(19)16-11(8-12(17)18)10-6-4-3-5-7-10/h3-7,9,11,13H,8,15H2,1-2H3,(H,16,19)(H,17,18). The zero-order chi connectivity index (χ0) is 14.4. The quantitative estimate of drug-likeness (QED) is 0.722. The molecule has 1 aromatic rings. The fraction of sp³-hybridized carbons (Fsp3) is 0.429. The summed E-state index contributed by atoms with van der Waals surface area (Å²) in [6.07, 6.45) is -0.166. The number of amides is 1. The van der Waals surface area contributed by atoms with Gasteiger partial charge < -0.3 is 16.2 Å². The van der Waals surface area contributed by atoms with Gasteiger partial charge in [-0.2, -0.15) is 0 Å². The van der Waals surface area contributed by atoms with Crippen molar-refractivity contribution in [3.05, 3.63) is 35.9 Å². The Kier molecular flexibility index (Phi) is 5.51. The van der Waals surface area contributed by atoms with Crippen LogP contribution in [0.4, 0.5) is 0 Å². The predicted octanol–water partition coefficient (Wildman–Crippen LogP) is 1.30. The van der Waals surface area contributed by atoms with E-state index in [0.717, 1.165) is 5.56 Å². The first-order chi connectivity index (χ1) is 8.91. The second-order valence-electron chi connectivity index (χ2n) is 4.84. The molecule has 1 aromatic carbocycles. The van der Waals surface area contributed by atoms with Crippen molar-refractivity contribution in [1.82, 2.24) is 5.32 Å². The van der Waals surface area contributed by atoms with Crippen LogP contribution in [0.25, 0.3) is 0 Å². The first kappa shape index (κ1) is 15.2. The van der Waals surface area contributed by atoms with E-state index in [1.807, 2.05) is 19.9 Å². The Morgan fingerprint density at radius 2 is 1.84 bits per heavy atom. The molecule has 0 aliphatic heterocycles. The van der Waals surface area contributed by atoms with Crippen LogP contribution in [0, 0.1) is 5.92 Å². The highest BCUT2D eigenvalue weighted by Crippen LogP contribution is 2.17. The highest BCUT2D eigenvalue weighted by molar-refractivity contribution is 5.82. The van der Waals surface area contributed by atoms with Gasteiger partial charge >= 0.3 is 5.97 Å². The van der Waals surface area contributed by atoms with Crippen molar-refractivity contribution in [1.29, 1.82) is 0 Å². The Bertz CT molecular complexity index is 432. The molecule has 1 amide bonds. The van der Waals surface area contributed by atoms with Gasteiger partial charge in [0.1, 0.15) is 0 Å². The van der Waals surface area contributed by atoms with Crippen molar-refractivity contribution < 1.29 is 14.7 Å². The summed E-state index contributed by atoms with van der Waals surface area (Å²) in [4.78, 5) is 22.8. The van der Waals surface area contributed by atoms with Gasteiger partial charge in [0, 0.05) is 0 Å². The molecular weight excluding hydrogens is 244 g/mol. The molecule has 5 heteroatoms. The lowest BCUT2D eigenvalue weighted by molar-refractivity contribution is -0.137. The lowest BCUT2D eigenvalue weighted by Gasteiger charge is -2.21. The summed E-state index contributed by atoms with van der Waals surface area (Å²) in [6.45, 7) is 3.69. The average Bonchev–Trinajstić information content (AvgIpc) is 2.37. The third-order valence-electron chi connectivity index (χ3n) is 2.92. The molecule has 0 aliphatic carbocycles. The number of carbonyl (C=O) groups is 2. The molecule has 104 valence electrons. The molecule has 0 heterocycles. The Morgan fingerprint density at radius 3 is 2.32 bits per heavy atom. The van der Waals surface area contributed by atoms with Gasteiger partial charge in [-0.1, -0.05) is 44.2 Å². The summed E-state index contributed by atoms with van der Waals surface area (Å²) in [7, 11) is 0. The van der Waals surface area contributed by atoms with Gasteiger partial charge in [0.25, 0.3) is 0 Å². The Labute approximate surface area is 112 Å². The average molecular weight is 264 g/mol. The Balaban J connectivity index is 2.82. The van der Waals surface area contributed by atoms with Crippen LogP contribution in [0.15, 0.2) is 30.3 Å². The summed E-state index contributed by atoms with van der Waals surface area (Å²) in [5, 5.41) is 11.6. The molecule has 2 unspecified atom stereocenters. The lowest BCUT2D eigenvalue weighted by Crippen LogP contribution is -2.45. The molecule has 4 N–H and O–H groups in total. The van der Waals surface area contributed by atoms with Crippen LogP contribution in [-0.2, 0) is 9.59 Å². The van der Waals surface area contributed by atoms with E-state index in [4.69, 9.17) is 10.8 Å². The maximum atomic E-state index is 11.9. The number of carboxylic acids is 1. The maximum absolute atomic E-state index is 11.9. The first-order valence-corrected chi connectivity index (χ1v) is 6.24. The minimum absolute atomic E-state index is 0.00116. The van der Waals surface area contributed by atoms with Crippen molar-refractivity contribution in [2.24, 2.45) is 11.7 Å². The van der Waals surface area contributed by atoms with E-state index >= 15 is 0 Å². The van der Waals surface area contributed by atoms with E-state index < -0.39 is 18.1 Å². The highest BCUT2D eigenvalue weighted by atomic mass is 16.4. The number of nitrogens with one attached hydrogen (secondary N) is 1. The molecule has 0 fully saturated rings. The molecule has 19 heavy (non-hydrogen) atoms. The Morgan fingerprint density at radius 1 is 1.26 bits per heavy atom. The maximum Gasteiger partial charge on any atom is 0.305 e. The number of carboxylic acid groups (broad SMARTS) is 1. The summed E-state index contributed by atoms with van der Waals surface area (Å²) in [5.74, 6) is -1.29. The van der Waals surface area contributed by atoms with Crippen molar-refractivity contribution in [2.75, 3.05) is 0 Å². The second-order valence-corrected chi connectivity index (χ2v) is 4.84. The zero-order valence-corrected chi connectivity index (χ0v) is 11.2. The van der Waals surface area contributed by atoms with Gasteiger partial charge in [0.15, 0.2) is 0 Å². The SMILES string of the molecule is CC(C)C(N)C(=O)NC(CC(=O)O)c1ccccc1. The zero-order valence-electron chi connectivity index (χ0n) is 11.2. The minimum Gasteiger partial charge on any atom is -0.481 e. The molecule has 0 spiro atoms. The first-order valence-electron chi connectivity index (χ1n) is 6.24. The number of nitrogens with two attached hydrogens (primary N) is 1. The summed E-state index contributed by atoms with van der Waals surface area (Å²) in [6, 6.07) is 7.82. The molecule has 0 saturated carbocycles. The van der Waals surface area contributed by atoms with Crippen molar-refractivity contribution in [2.45, 2.75) is 32.4 Å². The highest BCUT2D eigenvalue weighted by Gasteiger charge is 2.23. The summed E-state index contributed by atoms with van der Waals surface area (Å²) < 4.78 is 0. The van der Waals surface area contributed by atoms with Gasteiger partial charge in [-0.05, 0) is 11.5 Å². The van der Waals surface area contributed by atoms with Crippen LogP contribution in [0.2, 0.25) is 0 Å². The van der Waals surface area contributed by atoms with Crippen LogP contribution in [0.1, 0.15) is 31.9 Å². The molecule has 2 atom stereocenters. The van der Waals surface area contributed by atoms with Gasteiger partial charge in [0.05, 0.1) is 18.5 Å². The number of carbonyl (C=O) groups excluding carboxylic acids is 1. The monoisotopic (exact) mass is 264 g/mol. The van der Waals surface area contributed by atoms with E-state index in [1.165, 1.54) is 0 Å². The summed E-state index contributed by atoms with van der Waals surface area (Å²) >= 11 is 0. The van der Waals surface area contributed by atoms with Gasteiger partial charge in [-0.25, -0.2) is 0 Å². The van der Waals surface area contributed by atoms with E-state index in [0.29, 0.717) is 0 Å². The third-order valence-corrected chi connectivity index (χ3v) is 2.92. The topological polar surface area (TPSA) is 92.4 Å². The fourth-order valence-corrected chi connectivity index (χ4v) is 1.68. The number of benzene rings is 1. The van der Waals surface area contributed by atoms with Crippen LogP contribution >= 0.6 is 0 Å². The van der Waals surface area contributed by atoms with E-state index in [2.05, 4.69) is 5.32 Å². The molecule has 1 rings (SSSR count). The van der Waals surface area contributed by atoms with Gasteiger partial charge in [-0.15, -0.1) is 0 Å². The number of hydrogen-bond donors (Lipinski definition) is 3. The van der Waals surface area contributed by atoms with Crippen LogP contribution in [0.3, 0.4) is 0 Å². The predicted molar refractivity (Wildman–Crippen MR) is 72.4 cm³/mol. The lowest BCUT2D eigenvalue weighted by atomic mass is 10.0. The van der Waals surface area contributed by atoms with Crippen LogP contribution < -0.4 is 11.1 Å². The number of hydrogen-bond acceptors (Lipinski definition) is 3. The molecule has 0 aromatic heterocycles. The summed E-state index contributed by atoms with van der Waals surface area (Å²) in [5.41, 5.74) is 6.52. The Hall–Kier alpha value is -1.88. The third kappa shape index (κ3) is 4.71. The van der Waals surface area contributed by atoms with Gasteiger partial charge in [-0.3, -0.25) is 9.59 Å². The van der Waals surface area contributed by atoms with Crippen molar-refractivity contribution >= 4 is 11.9 Å². The largest absolute Gasteiger partial charge is 0.481 e. The van der Waals surface area contributed by atoms with E-state index in [9.17, 15) is 9.59 Å². The smallest absolute Gasteiger partial charge is 0.305 e. The number of rotatable bonds is 6. The molecule has 0 bridgehead atoms. The van der Waals surface area contributed by atoms with Crippen LogP contribution in [-0.4, -0.2) is 23.0 Å². The fourth-order valence-electron chi connectivity index (χ4n) is 1.68. The van der Waals surface area contributed by atoms with Crippen molar-refractivity contribution in [3.8, 4) is 0 Å². The van der Waals surface area contributed by atoms with E-state index in [-0.39, 0.29) is 18.2 Å². The van der Waals surface area contributed by atoms with Crippen LogP contribution in [0.5, 0.6) is 0 Å². The molecule has 0 radical (unpaired) electrons. The normalized spacial score (nSPS) is 13.9.